The number of ether oxygens (including phenoxy) is 1. The van der Waals surface area contributed by atoms with Crippen molar-refractivity contribution in [1.29, 1.82) is 0 Å². The average molecular weight is 266 g/mol. The van der Waals surface area contributed by atoms with E-state index in [2.05, 4.69) is 4.98 Å². The predicted octanol–water partition coefficient (Wildman–Crippen LogP) is 3.31. The zero-order valence-electron chi connectivity index (χ0n) is 10.9. The molecule has 2 aromatic rings. The zero-order chi connectivity index (χ0) is 13.8. The summed E-state index contributed by atoms with van der Waals surface area (Å²) in [5.74, 6) is -0.407. The van der Waals surface area contributed by atoms with Crippen LogP contribution in [0, 0.1) is 11.6 Å². The van der Waals surface area contributed by atoms with Gasteiger partial charge in [-0.15, -0.1) is 0 Å². The van der Waals surface area contributed by atoms with Gasteiger partial charge in [-0.1, -0.05) is 0 Å². The first-order valence-electron chi connectivity index (χ1n) is 6.17. The molecule has 1 heterocycles. The zero-order valence-corrected chi connectivity index (χ0v) is 10.9. The number of nitrogens with zero attached hydrogens (tertiary/aromatic N) is 2. The summed E-state index contributed by atoms with van der Waals surface area (Å²) in [6.45, 7) is 4.75. The van der Waals surface area contributed by atoms with Gasteiger partial charge in [0.25, 0.3) is 0 Å². The van der Waals surface area contributed by atoms with Crippen LogP contribution in [0.1, 0.15) is 31.3 Å². The van der Waals surface area contributed by atoms with E-state index >= 15 is 0 Å². The van der Waals surface area contributed by atoms with E-state index in [1.165, 1.54) is 12.1 Å². The molecule has 1 aromatic carbocycles. The number of aromatic nitrogens is 2. The molecule has 19 heavy (non-hydrogen) atoms. The third-order valence-electron chi connectivity index (χ3n) is 2.80. The molecule has 1 aromatic heterocycles. The van der Waals surface area contributed by atoms with E-state index < -0.39 is 11.6 Å². The third kappa shape index (κ3) is 3.38. The quantitative estimate of drug-likeness (QED) is 0.830. The van der Waals surface area contributed by atoms with Crippen LogP contribution in [0.25, 0.3) is 0 Å². The first kappa shape index (κ1) is 13.7. The van der Waals surface area contributed by atoms with E-state index in [0.29, 0.717) is 18.7 Å². The van der Waals surface area contributed by atoms with Crippen molar-refractivity contribution in [3.63, 3.8) is 0 Å². The van der Waals surface area contributed by atoms with Gasteiger partial charge in [0, 0.05) is 31.6 Å². The molecule has 0 bridgehead atoms. The Labute approximate surface area is 110 Å². The lowest BCUT2D eigenvalue weighted by Gasteiger charge is -2.14. The van der Waals surface area contributed by atoms with Crippen LogP contribution in [0.5, 0.6) is 0 Å². The molecule has 0 N–H and O–H groups in total. The first-order chi connectivity index (χ1) is 9.10. The van der Waals surface area contributed by atoms with Gasteiger partial charge < -0.3 is 9.30 Å². The van der Waals surface area contributed by atoms with Crippen molar-refractivity contribution >= 4 is 0 Å². The van der Waals surface area contributed by atoms with Crippen LogP contribution < -0.4 is 0 Å². The Morgan fingerprint density at radius 1 is 1.26 bits per heavy atom. The maximum atomic E-state index is 13.1. The van der Waals surface area contributed by atoms with Crippen molar-refractivity contribution in [1.82, 2.24) is 9.55 Å². The Hall–Kier alpha value is -1.75. The van der Waals surface area contributed by atoms with Crippen LogP contribution in [0.15, 0.2) is 30.6 Å². The highest BCUT2D eigenvalue weighted by molar-refractivity contribution is 5.19. The number of hydrogen-bond acceptors (Lipinski definition) is 2. The van der Waals surface area contributed by atoms with Gasteiger partial charge in [-0.3, -0.25) is 0 Å². The maximum absolute atomic E-state index is 13.1. The molecule has 102 valence electrons. The van der Waals surface area contributed by atoms with E-state index in [9.17, 15) is 8.78 Å². The van der Waals surface area contributed by atoms with Crippen molar-refractivity contribution in [3.05, 3.63) is 53.6 Å². The summed E-state index contributed by atoms with van der Waals surface area (Å²) >= 11 is 0. The molecule has 0 saturated heterocycles. The molecule has 3 nitrogen and oxygen atoms in total. The van der Waals surface area contributed by atoms with Gasteiger partial charge in [0.05, 0.1) is 0 Å². The standard InChI is InChI=1S/C14H16F2N2O/c1-3-19-10(2)14-17-4-5-18(14)9-11-6-12(15)8-13(16)7-11/h4-8,10H,3,9H2,1-2H3. The van der Waals surface area contributed by atoms with Crippen LogP contribution in [-0.2, 0) is 11.3 Å². The number of halogens is 2. The fourth-order valence-corrected chi connectivity index (χ4v) is 2.04. The SMILES string of the molecule is CCOC(C)c1nccn1Cc1cc(F)cc(F)c1. The Kier molecular flexibility index (Phi) is 4.27. The molecule has 0 aliphatic carbocycles. The van der Waals surface area contributed by atoms with Gasteiger partial charge in [-0.05, 0) is 31.5 Å². The summed E-state index contributed by atoms with van der Waals surface area (Å²) in [5.41, 5.74) is 0.556. The van der Waals surface area contributed by atoms with Gasteiger partial charge in [-0.2, -0.15) is 0 Å². The van der Waals surface area contributed by atoms with Crippen molar-refractivity contribution in [2.45, 2.75) is 26.5 Å². The van der Waals surface area contributed by atoms with Crippen LogP contribution >= 0.6 is 0 Å². The maximum Gasteiger partial charge on any atom is 0.137 e. The third-order valence-corrected chi connectivity index (χ3v) is 2.80. The highest BCUT2D eigenvalue weighted by Gasteiger charge is 2.12. The smallest absolute Gasteiger partial charge is 0.137 e. The van der Waals surface area contributed by atoms with Gasteiger partial charge in [0.1, 0.15) is 23.6 Å². The van der Waals surface area contributed by atoms with Crippen molar-refractivity contribution in [3.8, 4) is 0 Å². The molecule has 0 aliphatic rings. The lowest BCUT2D eigenvalue weighted by atomic mass is 10.2. The molecule has 1 atom stereocenters. The fraction of sp³-hybridized carbons (Fsp3) is 0.357. The average Bonchev–Trinajstić information content (AvgIpc) is 2.76. The number of imidazole rings is 1. The highest BCUT2D eigenvalue weighted by atomic mass is 19.1. The molecule has 0 radical (unpaired) electrons. The van der Waals surface area contributed by atoms with Gasteiger partial charge >= 0.3 is 0 Å². The second-order valence-corrected chi connectivity index (χ2v) is 4.29. The topological polar surface area (TPSA) is 27.1 Å². The van der Waals surface area contributed by atoms with Crippen molar-refractivity contribution in [2.75, 3.05) is 6.61 Å². The normalized spacial score (nSPS) is 12.6. The Morgan fingerprint density at radius 3 is 2.58 bits per heavy atom. The molecule has 0 aliphatic heterocycles. The molecule has 0 fully saturated rings. The Balaban J connectivity index is 2.21. The van der Waals surface area contributed by atoms with E-state index in [1.54, 1.807) is 12.4 Å². The molecule has 5 heteroatoms. The second-order valence-electron chi connectivity index (χ2n) is 4.29. The molecule has 2 rings (SSSR count). The van der Waals surface area contributed by atoms with Crippen LogP contribution in [0.3, 0.4) is 0 Å². The number of benzene rings is 1. The number of hydrogen-bond donors (Lipinski definition) is 0. The van der Waals surface area contributed by atoms with E-state index in [0.717, 1.165) is 11.9 Å². The predicted molar refractivity (Wildman–Crippen MR) is 67.7 cm³/mol. The van der Waals surface area contributed by atoms with Crippen molar-refractivity contribution in [2.24, 2.45) is 0 Å². The summed E-state index contributed by atoms with van der Waals surface area (Å²) < 4.78 is 33.6. The number of rotatable bonds is 5. The summed E-state index contributed by atoms with van der Waals surface area (Å²) in [6.07, 6.45) is 3.27. The van der Waals surface area contributed by atoms with Crippen LogP contribution in [0.2, 0.25) is 0 Å². The summed E-state index contributed by atoms with van der Waals surface area (Å²) in [4.78, 5) is 4.23. The van der Waals surface area contributed by atoms with Gasteiger partial charge in [0.15, 0.2) is 0 Å². The monoisotopic (exact) mass is 266 g/mol. The molecular formula is C14H16F2N2O. The molecule has 1 unspecified atom stereocenters. The Morgan fingerprint density at radius 2 is 1.95 bits per heavy atom. The lowest BCUT2D eigenvalue weighted by molar-refractivity contribution is 0.0677. The minimum atomic E-state index is -0.575. The van der Waals surface area contributed by atoms with Crippen LogP contribution in [-0.4, -0.2) is 16.2 Å². The van der Waals surface area contributed by atoms with E-state index in [4.69, 9.17) is 4.74 Å². The van der Waals surface area contributed by atoms with Gasteiger partial charge in [0.2, 0.25) is 0 Å². The molecule has 0 amide bonds. The van der Waals surface area contributed by atoms with Crippen LogP contribution in [0.4, 0.5) is 8.78 Å². The largest absolute Gasteiger partial charge is 0.371 e. The Bertz CT molecular complexity index is 534. The highest BCUT2D eigenvalue weighted by Crippen LogP contribution is 2.17. The first-order valence-corrected chi connectivity index (χ1v) is 6.17. The van der Waals surface area contributed by atoms with E-state index in [1.807, 2.05) is 18.4 Å². The van der Waals surface area contributed by atoms with Crippen molar-refractivity contribution < 1.29 is 13.5 Å². The minimum absolute atomic E-state index is 0.154. The second kappa shape index (κ2) is 5.93. The summed E-state index contributed by atoms with van der Waals surface area (Å²) in [6, 6.07) is 3.50. The molecule has 0 saturated carbocycles. The fourth-order valence-electron chi connectivity index (χ4n) is 2.04. The molecular weight excluding hydrogens is 250 g/mol. The van der Waals surface area contributed by atoms with E-state index in [-0.39, 0.29) is 6.10 Å². The summed E-state index contributed by atoms with van der Waals surface area (Å²) in [7, 11) is 0. The minimum Gasteiger partial charge on any atom is -0.371 e. The lowest BCUT2D eigenvalue weighted by Crippen LogP contribution is -2.10. The summed E-state index contributed by atoms with van der Waals surface area (Å²) in [5, 5.41) is 0. The van der Waals surface area contributed by atoms with Gasteiger partial charge in [-0.25, -0.2) is 13.8 Å². The molecule has 0 spiro atoms.